The molecular formula is C37H62N2O29. The number of carbonyl (C=O) groups excluding carboxylic acids is 2. The van der Waals surface area contributed by atoms with Crippen LogP contribution in [0.3, 0.4) is 0 Å². The van der Waals surface area contributed by atoms with Gasteiger partial charge in [-0.05, 0) is 0 Å². The smallest absolute Gasteiger partial charge is 0.364 e. The Kier molecular flexibility index (Phi) is 19.7. The average Bonchev–Trinajstić information content (AvgIpc) is 3.29. The van der Waals surface area contributed by atoms with Gasteiger partial charge in [-0.2, -0.15) is 0 Å². The molecule has 5 rings (SSSR count). The molecule has 26 atom stereocenters. The van der Waals surface area contributed by atoms with Crippen LogP contribution in [0.25, 0.3) is 0 Å². The Morgan fingerprint density at radius 3 is 1.63 bits per heavy atom. The number of aliphatic carboxylic acids is 1. The van der Waals surface area contributed by atoms with E-state index in [0.717, 1.165) is 13.8 Å². The number of carbonyl (C=O) groups is 3. The largest absolute Gasteiger partial charge is 0.477 e. The first-order valence-corrected chi connectivity index (χ1v) is 21.2. The predicted molar refractivity (Wildman–Crippen MR) is 207 cm³/mol. The van der Waals surface area contributed by atoms with E-state index in [1.165, 1.54) is 0 Å². The third-order valence-corrected chi connectivity index (χ3v) is 12.1. The molecule has 0 aromatic rings. The monoisotopic (exact) mass is 998 g/mol. The molecule has 5 aliphatic rings. The molecule has 0 aromatic heterocycles. The van der Waals surface area contributed by atoms with Gasteiger partial charge < -0.3 is 140 Å². The summed E-state index contributed by atoms with van der Waals surface area (Å²) in [4.78, 5) is 38.3. The summed E-state index contributed by atoms with van der Waals surface area (Å²) in [6, 6.07) is -3.59. The molecule has 31 heteroatoms. The topological polar surface area (TPSA) is 502 Å². The summed E-state index contributed by atoms with van der Waals surface area (Å²) >= 11 is 0. The second-order valence-corrected chi connectivity index (χ2v) is 16.8. The van der Waals surface area contributed by atoms with E-state index >= 15 is 0 Å². The number of amides is 2. The maximum absolute atomic E-state index is 13.4. The molecule has 5 saturated heterocycles. The minimum atomic E-state index is -3.32. The minimum absolute atomic E-state index is 0.856. The molecule has 0 saturated carbocycles. The lowest BCUT2D eigenvalue weighted by molar-refractivity contribution is -0.402. The van der Waals surface area contributed by atoms with Crippen molar-refractivity contribution in [2.45, 2.75) is 179 Å². The van der Waals surface area contributed by atoms with E-state index in [1.807, 2.05) is 0 Å². The van der Waals surface area contributed by atoms with E-state index in [2.05, 4.69) is 10.6 Å². The van der Waals surface area contributed by atoms with Gasteiger partial charge in [0.15, 0.2) is 25.2 Å². The van der Waals surface area contributed by atoms with Crippen LogP contribution in [0.2, 0.25) is 0 Å². The Morgan fingerprint density at radius 2 is 1.07 bits per heavy atom. The van der Waals surface area contributed by atoms with Gasteiger partial charge in [-0.1, -0.05) is 0 Å². The van der Waals surface area contributed by atoms with Gasteiger partial charge in [0.05, 0.1) is 45.2 Å². The van der Waals surface area contributed by atoms with Crippen molar-refractivity contribution in [1.29, 1.82) is 0 Å². The lowest BCUT2D eigenvalue weighted by atomic mass is 9.88. The zero-order valence-electron chi connectivity index (χ0n) is 36.2. The highest BCUT2D eigenvalue weighted by Gasteiger charge is 2.62. The van der Waals surface area contributed by atoms with Crippen molar-refractivity contribution in [2.75, 3.05) is 33.0 Å². The Labute approximate surface area is 384 Å². The number of rotatable bonds is 18. The lowest BCUT2D eigenvalue weighted by Crippen LogP contribution is -2.72. The molecule has 5 fully saturated rings. The second kappa shape index (κ2) is 23.8. The van der Waals surface area contributed by atoms with Gasteiger partial charge in [0.25, 0.3) is 5.79 Å². The molecule has 19 N–H and O–H groups in total. The zero-order valence-corrected chi connectivity index (χ0v) is 36.2. The highest BCUT2D eigenvalue weighted by molar-refractivity contribution is 5.76. The Bertz CT molecular complexity index is 1650. The first kappa shape index (κ1) is 56.3. The molecule has 31 nitrogen and oxygen atoms in total. The standard InChI is InChI=1S/C37H62N2O29/c1-9(45)38-17-11(47)3-37(36(58)59,67-30(17)19(49)12(48)4-40)68-31-26(56)35(64-27-15(7-43)60-32(57)24(54)23(27)53)63-16(8-44)28(31)65-33-18(39-10(2)46)29(21(51)14(6-42)61-33)66-34-25(55)22(52)20(50)13(5-41)62-34/h11-35,40-44,47-57H,3-8H2,1-2H3,(H,38,45)(H,39,46)(H,58,59)/t11-,12+,13+,14+,15+,16+,17+,18+,19+,20+,21-,22-,23+,24+,25+,26+,27+,28-,29+,30+,31+,32+,33-,34-,35-,37-/m0/s1. The third-order valence-electron chi connectivity index (χ3n) is 12.1. The molecule has 5 aliphatic heterocycles. The lowest BCUT2D eigenvalue weighted by Gasteiger charge is -2.52. The summed E-state index contributed by atoms with van der Waals surface area (Å²) < 4.78 is 51.6. The molecule has 0 unspecified atom stereocenters. The molecule has 5 heterocycles. The van der Waals surface area contributed by atoms with Crippen molar-refractivity contribution in [3.63, 3.8) is 0 Å². The van der Waals surface area contributed by atoms with E-state index in [1.54, 1.807) is 0 Å². The van der Waals surface area contributed by atoms with E-state index in [0.29, 0.717) is 0 Å². The second-order valence-electron chi connectivity index (χ2n) is 16.8. The fourth-order valence-electron chi connectivity index (χ4n) is 8.53. The molecule has 0 bridgehead atoms. The van der Waals surface area contributed by atoms with Crippen molar-refractivity contribution < 1.29 is 144 Å². The SMILES string of the molecule is CC(=O)N[C@H]1[C@H](O[C@@H]2[C@H](O[C@]3(C(=O)O)C[C@H](O)[C@@H](NC(C)=O)[C@H]([C@H](O)[C@H](O)CO)O3)[C@@H](O)[C@H](O[C@H]3[C@H](O)[C@@H](O)[C@H](O)O[C@@H]3CO)O[C@@H]2CO)O[C@H](CO)[C@H](O)[C@@H]1O[C@@H]1O[C@H](CO)[C@@H](O)[C@H](O)[C@H]1O. The van der Waals surface area contributed by atoms with Crippen LogP contribution in [0.1, 0.15) is 20.3 Å². The quantitative estimate of drug-likeness (QED) is 0.0606. The summed E-state index contributed by atoms with van der Waals surface area (Å²) in [5, 5.41) is 185. The molecule has 0 aromatic carbocycles. The van der Waals surface area contributed by atoms with E-state index in [-0.39, 0.29) is 0 Å². The number of aliphatic hydroxyl groups excluding tert-OH is 16. The minimum Gasteiger partial charge on any atom is -0.477 e. The number of hydrogen-bond donors (Lipinski definition) is 19. The molecule has 0 aliphatic carbocycles. The van der Waals surface area contributed by atoms with Crippen LogP contribution in [0.15, 0.2) is 0 Å². The van der Waals surface area contributed by atoms with Crippen LogP contribution >= 0.6 is 0 Å². The number of aliphatic hydroxyl groups is 16. The Balaban J connectivity index is 1.61. The predicted octanol–water partition coefficient (Wildman–Crippen LogP) is -12.4. The van der Waals surface area contributed by atoms with Crippen LogP contribution in [0, 0.1) is 0 Å². The molecule has 394 valence electrons. The molecule has 0 radical (unpaired) electrons. The van der Waals surface area contributed by atoms with Crippen LogP contribution in [0.5, 0.6) is 0 Å². The fourth-order valence-corrected chi connectivity index (χ4v) is 8.53. The number of carboxylic acids is 1. The van der Waals surface area contributed by atoms with Gasteiger partial charge in [-0.15, -0.1) is 0 Å². The highest BCUT2D eigenvalue weighted by atomic mass is 16.8. The van der Waals surface area contributed by atoms with Crippen LogP contribution in [0.4, 0.5) is 0 Å². The van der Waals surface area contributed by atoms with Gasteiger partial charge in [0.2, 0.25) is 11.8 Å². The van der Waals surface area contributed by atoms with Gasteiger partial charge in [0, 0.05) is 20.3 Å². The Morgan fingerprint density at radius 1 is 0.574 bits per heavy atom. The number of carboxylic acid groups (broad SMARTS) is 1. The highest BCUT2D eigenvalue weighted by Crippen LogP contribution is 2.40. The summed E-state index contributed by atoms with van der Waals surface area (Å²) in [6.45, 7) is -3.48. The number of ether oxygens (including phenoxy) is 9. The van der Waals surface area contributed by atoms with Crippen molar-refractivity contribution in [3.05, 3.63) is 0 Å². The summed E-state index contributed by atoms with van der Waals surface area (Å²) in [5.74, 6) is -7.24. The van der Waals surface area contributed by atoms with E-state index < -0.39 is 216 Å². The fraction of sp³-hybridized carbons (Fsp3) is 0.919. The van der Waals surface area contributed by atoms with Crippen molar-refractivity contribution in [1.82, 2.24) is 10.6 Å². The van der Waals surface area contributed by atoms with Crippen LogP contribution in [-0.2, 0) is 57.0 Å². The summed E-state index contributed by atoms with van der Waals surface area (Å²) in [7, 11) is 0. The third kappa shape index (κ3) is 11.8. The Hall–Kier alpha value is -2.59. The average molecular weight is 999 g/mol. The summed E-state index contributed by atoms with van der Waals surface area (Å²) in [6.07, 6.45) is -48.5. The number of nitrogens with one attached hydrogen (secondary N) is 2. The maximum Gasteiger partial charge on any atom is 0.364 e. The number of hydrogen-bond acceptors (Lipinski definition) is 28. The van der Waals surface area contributed by atoms with Gasteiger partial charge >= 0.3 is 5.97 Å². The zero-order chi connectivity index (χ0) is 50.7. The first-order chi connectivity index (χ1) is 32.0. The van der Waals surface area contributed by atoms with Crippen molar-refractivity contribution in [3.8, 4) is 0 Å². The van der Waals surface area contributed by atoms with E-state index in [4.69, 9.17) is 42.6 Å². The summed E-state index contributed by atoms with van der Waals surface area (Å²) in [5.41, 5.74) is 0. The van der Waals surface area contributed by atoms with Gasteiger partial charge in [-0.25, -0.2) is 4.79 Å². The molecule has 2 amide bonds. The molecule has 0 spiro atoms. The normalized spacial score (nSPS) is 46.6. The van der Waals surface area contributed by atoms with Crippen molar-refractivity contribution >= 4 is 17.8 Å². The molecule has 68 heavy (non-hydrogen) atoms. The molecular weight excluding hydrogens is 936 g/mol. The van der Waals surface area contributed by atoms with Crippen LogP contribution in [-0.4, -0.2) is 297 Å². The van der Waals surface area contributed by atoms with Gasteiger partial charge in [0.1, 0.15) is 116 Å². The van der Waals surface area contributed by atoms with Gasteiger partial charge in [-0.3, -0.25) is 9.59 Å². The van der Waals surface area contributed by atoms with E-state index in [9.17, 15) is 101 Å². The van der Waals surface area contributed by atoms with Crippen LogP contribution < -0.4 is 10.6 Å². The maximum atomic E-state index is 13.4. The van der Waals surface area contributed by atoms with Crippen molar-refractivity contribution in [2.24, 2.45) is 0 Å². The first-order valence-electron chi connectivity index (χ1n) is 21.2.